The van der Waals surface area contributed by atoms with Gasteiger partial charge in [-0.3, -0.25) is 18.6 Å². The molecular formula is C43H78NO9P. The number of ether oxygens (including phenoxy) is 2. The van der Waals surface area contributed by atoms with Crippen LogP contribution in [0.4, 0.5) is 0 Å². The van der Waals surface area contributed by atoms with Crippen LogP contribution in [-0.2, 0) is 32.7 Å². The molecule has 0 radical (unpaired) electrons. The SMILES string of the molecule is CC/C=C\C/C=C\C/C=C\C/C=C\CCCOCC(COP(=O)(O)OCC(N)C(=O)O)OC(=O)CCCCCCCCCCCCCCCCCCCC. The minimum atomic E-state index is -4.63. The van der Waals surface area contributed by atoms with E-state index in [1.807, 2.05) is 0 Å². The zero-order chi connectivity index (χ0) is 39.8. The molecule has 0 bridgehead atoms. The van der Waals surface area contributed by atoms with E-state index in [1.165, 1.54) is 89.9 Å². The summed E-state index contributed by atoms with van der Waals surface area (Å²) < 4.78 is 33.2. The van der Waals surface area contributed by atoms with Crippen molar-refractivity contribution in [3.63, 3.8) is 0 Å². The lowest BCUT2D eigenvalue weighted by Crippen LogP contribution is -2.34. The topological polar surface area (TPSA) is 155 Å². The van der Waals surface area contributed by atoms with Gasteiger partial charge in [0.15, 0.2) is 0 Å². The van der Waals surface area contributed by atoms with Crippen LogP contribution in [-0.4, -0.2) is 60.5 Å². The van der Waals surface area contributed by atoms with Gasteiger partial charge in [-0.2, -0.15) is 0 Å². The van der Waals surface area contributed by atoms with Gasteiger partial charge < -0.3 is 25.2 Å². The van der Waals surface area contributed by atoms with Crippen LogP contribution in [0.1, 0.15) is 174 Å². The highest BCUT2D eigenvalue weighted by atomic mass is 31.2. The first-order valence-corrected chi connectivity index (χ1v) is 22.7. The zero-order valence-electron chi connectivity index (χ0n) is 34.1. The summed E-state index contributed by atoms with van der Waals surface area (Å²) in [6.45, 7) is 3.63. The van der Waals surface area contributed by atoms with E-state index in [0.717, 1.165) is 57.8 Å². The number of nitrogens with two attached hydrogens (primary N) is 1. The van der Waals surface area contributed by atoms with Crippen molar-refractivity contribution in [1.29, 1.82) is 0 Å². The molecule has 0 aromatic carbocycles. The van der Waals surface area contributed by atoms with Crippen LogP contribution >= 0.6 is 7.82 Å². The van der Waals surface area contributed by atoms with E-state index >= 15 is 0 Å². The molecule has 0 aliphatic rings. The summed E-state index contributed by atoms with van der Waals surface area (Å²) >= 11 is 0. The van der Waals surface area contributed by atoms with Crippen molar-refractivity contribution in [1.82, 2.24) is 0 Å². The molecule has 0 rings (SSSR count). The van der Waals surface area contributed by atoms with Crippen LogP contribution in [0.15, 0.2) is 48.6 Å². The fraction of sp³-hybridized carbons (Fsp3) is 0.767. The van der Waals surface area contributed by atoms with E-state index in [0.29, 0.717) is 13.0 Å². The molecule has 0 aliphatic carbocycles. The molecule has 54 heavy (non-hydrogen) atoms. The van der Waals surface area contributed by atoms with Crippen molar-refractivity contribution in [2.24, 2.45) is 5.73 Å². The molecule has 4 N–H and O–H groups in total. The highest BCUT2D eigenvalue weighted by Gasteiger charge is 2.27. The van der Waals surface area contributed by atoms with Gasteiger partial charge in [-0.25, -0.2) is 4.57 Å². The molecule has 0 spiro atoms. The predicted molar refractivity (Wildman–Crippen MR) is 221 cm³/mol. The third-order valence-corrected chi connectivity index (χ3v) is 9.82. The molecule has 0 amide bonds. The lowest BCUT2D eigenvalue weighted by molar-refractivity contribution is -0.154. The maximum Gasteiger partial charge on any atom is 0.472 e. The van der Waals surface area contributed by atoms with Gasteiger partial charge in [0.25, 0.3) is 0 Å². The van der Waals surface area contributed by atoms with Gasteiger partial charge in [-0.1, -0.05) is 172 Å². The van der Waals surface area contributed by atoms with Crippen LogP contribution in [0.3, 0.4) is 0 Å². The highest BCUT2D eigenvalue weighted by Crippen LogP contribution is 2.43. The molecule has 0 fully saturated rings. The number of unbranched alkanes of at least 4 members (excludes halogenated alkanes) is 18. The van der Waals surface area contributed by atoms with Gasteiger partial charge in [0, 0.05) is 13.0 Å². The molecule has 3 atom stereocenters. The van der Waals surface area contributed by atoms with Crippen LogP contribution in [0.5, 0.6) is 0 Å². The molecule has 0 aromatic heterocycles. The zero-order valence-corrected chi connectivity index (χ0v) is 35.0. The lowest BCUT2D eigenvalue weighted by atomic mass is 10.0. The Bertz CT molecular complexity index is 1050. The van der Waals surface area contributed by atoms with E-state index in [-0.39, 0.29) is 13.0 Å². The summed E-state index contributed by atoms with van der Waals surface area (Å²) in [6, 6.07) is -1.48. The van der Waals surface area contributed by atoms with Crippen molar-refractivity contribution in [3.8, 4) is 0 Å². The van der Waals surface area contributed by atoms with Gasteiger partial charge in [0.05, 0.1) is 19.8 Å². The second kappa shape index (κ2) is 39.2. The normalized spacial score (nSPS) is 14.4. The Balaban J connectivity index is 4.29. The number of carbonyl (C=O) groups excluding carboxylic acids is 1. The first-order valence-electron chi connectivity index (χ1n) is 21.2. The molecule has 314 valence electrons. The van der Waals surface area contributed by atoms with Gasteiger partial charge in [0.2, 0.25) is 0 Å². The minimum absolute atomic E-state index is 0.0201. The quantitative estimate of drug-likeness (QED) is 0.0237. The molecule has 11 heteroatoms. The fourth-order valence-electron chi connectivity index (χ4n) is 5.61. The predicted octanol–water partition coefficient (Wildman–Crippen LogP) is 11.5. The second-order valence-corrected chi connectivity index (χ2v) is 15.5. The largest absolute Gasteiger partial charge is 0.480 e. The van der Waals surface area contributed by atoms with Crippen molar-refractivity contribution < 1.29 is 42.7 Å². The maximum absolute atomic E-state index is 12.6. The van der Waals surface area contributed by atoms with Gasteiger partial charge in [0.1, 0.15) is 12.1 Å². The van der Waals surface area contributed by atoms with Crippen LogP contribution in [0.2, 0.25) is 0 Å². The molecule has 0 heterocycles. The summed E-state index contributed by atoms with van der Waals surface area (Å²) in [7, 11) is -4.63. The number of carboxylic acids is 1. The summed E-state index contributed by atoms with van der Waals surface area (Å²) in [5.74, 6) is -1.80. The molecule has 3 unspecified atom stereocenters. The van der Waals surface area contributed by atoms with Crippen molar-refractivity contribution in [3.05, 3.63) is 48.6 Å². The van der Waals surface area contributed by atoms with Gasteiger partial charge in [-0.15, -0.1) is 0 Å². The Morgan fingerprint density at radius 1 is 0.611 bits per heavy atom. The van der Waals surface area contributed by atoms with Gasteiger partial charge >= 0.3 is 19.8 Å². The Morgan fingerprint density at radius 2 is 1.06 bits per heavy atom. The Hall–Kier alpha value is -2.07. The maximum atomic E-state index is 12.6. The van der Waals surface area contributed by atoms with E-state index in [4.69, 9.17) is 29.4 Å². The third kappa shape index (κ3) is 38.2. The Kier molecular flexibility index (Phi) is 37.7. The molecule has 10 nitrogen and oxygen atoms in total. The summed E-state index contributed by atoms with van der Waals surface area (Å²) in [4.78, 5) is 33.5. The minimum Gasteiger partial charge on any atom is -0.480 e. The Morgan fingerprint density at radius 3 is 1.54 bits per heavy atom. The smallest absolute Gasteiger partial charge is 0.472 e. The lowest BCUT2D eigenvalue weighted by Gasteiger charge is -2.20. The van der Waals surface area contributed by atoms with Crippen molar-refractivity contribution in [2.75, 3.05) is 26.4 Å². The number of esters is 1. The van der Waals surface area contributed by atoms with Crippen molar-refractivity contribution >= 4 is 19.8 Å². The third-order valence-electron chi connectivity index (χ3n) is 8.87. The first-order chi connectivity index (χ1) is 26.2. The molecule has 0 saturated heterocycles. The Labute approximate surface area is 329 Å². The van der Waals surface area contributed by atoms with Crippen molar-refractivity contribution in [2.45, 2.75) is 187 Å². The molecule has 0 saturated carbocycles. The standard InChI is InChI=1S/C43H78NO9P/c1-3-5-7-9-11-13-15-17-19-20-21-22-23-25-27-29-31-33-35-42(45)53-40(38-51-54(48,49)52-39-41(44)43(46)47)37-50-36-34-32-30-28-26-24-18-16-14-12-10-8-6-4-2/h6,8,12,14,18,24,28,30,40-41H,3-5,7,9-11,13,15-17,19-23,25-27,29,31-39,44H2,1-2H3,(H,46,47)(H,48,49)/b8-6-,14-12-,24-18-,30-28-. The highest BCUT2D eigenvalue weighted by molar-refractivity contribution is 7.47. The summed E-state index contributed by atoms with van der Waals surface area (Å²) in [5, 5.41) is 8.88. The number of hydrogen-bond donors (Lipinski definition) is 3. The average Bonchev–Trinajstić information content (AvgIpc) is 3.15. The molecular weight excluding hydrogens is 705 g/mol. The number of carboxylic acid groups (broad SMARTS) is 1. The summed E-state index contributed by atoms with van der Waals surface area (Å²) in [5.41, 5.74) is 5.34. The van der Waals surface area contributed by atoms with E-state index < -0.39 is 45.1 Å². The van der Waals surface area contributed by atoms with Gasteiger partial charge in [-0.05, 0) is 44.9 Å². The van der Waals surface area contributed by atoms with Crippen LogP contribution in [0.25, 0.3) is 0 Å². The van der Waals surface area contributed by atoms with Crippen LogP contribution < -0.4 is 5.73 Å². The molecule has 0 aliphatic heterocycles. The monoisotopic (exact) mass is 784 g/mol. The van der Waals surface area contributed by atoms with E-state index in [1.54, 1.807) is 0 Å². The second-order valence-electron chi connectivity index (χ2n) is 14.1. The number of phosphoric ester groups is 1. The van der Waals surface area contributed by atoms with E-state index in [9.17, 15) is 19.0 Å². The molecule has 0 aromatic rings. The van der Waals surface area contributed by atoms with E-state index in [2.05, 4.69) is 62.5 Å². The number of allylic oxidation sites excluding steroid dienone is 8. The number of carbonyl (C=O) groups is 2. The number of aliphatic carboxylic acids is 1. The van der Waals surface area contributed by atoms with Crippen LogP contribution in [0, 0.1) is 0 Å². The fourth-order valence-corrected chi connectivity index (χ4v) is 6.39. The average molecular weight is 784 g/mol. The summed E-state index contributed by atoms with van der Waals surface area (Å²) in [6.07, 6.45) is 44.7. The number of phosphoric acid groups is 1. The number of rotatable bonds is 40. The first kappa shape index (κ1) is 51.9. The number of hydrogen-bond acceptors (Lipinski definition) is 8.